The van der Waals surface area contributed by atoms with E-state index >= 15 is 0 Å². The van der Waals surface area contributed by atoms with Gasteiger partial charge in [0, 0.05) is 13.1 Å². The van der Waals surface area contributed by atoms with Gasteiger partial charge in [-0.2, -0.15) is 5.26 Å². The van der Waals surface area contributed by atoms with Crippen molar-refractivity contribution in [1.29, 1.82) is 5.26 Å². The zero-order valence-corrected chi connectivity index (χ0v) is 13.4. The molecular formula is C16H22N4O2. The topological polar surface area (TPSA) is 85.2 Å². The van der Waals surface area contributed by atoms with Crippen LogP contribution in [0.5, 0.6) is 0 Å². The van der Waals surface area contributed by atoms with E-state index in [4.69, 9.17) is 5.26 Å². The molecule has 0 aliphatic rings. The number of nitrogens with one attached hydrogen (secondary N) is 2. The van der Waals surface area contributed by atoms with Crippen molar-refractivity contribution in [2.45, 2.75) is 13.8 Å². The number of carbonyl (C=O) groups excluding carboxylic acids is 2. The number of carbonyl (C=O) groups is 2. The zero-order chi connectivity index (χ0) is 16.8. The highest BCUT2D eigenvalue weighted by molar-refractivity contribution is 6.10. The Morgan fingerprint density at radius 2 is 1.86 bits per heavy atom. The number of hydrogen-bond donors (Lipinski definition) is 2. The molecule has 0 aliphatic carbocycles. The molecule has 0 atom stereocenters. The van der Waals surface area contributed by atoms with E-state index in [1.807, 2.05) is 25.1 Å². The van der Waals surface area contributed by atoms with Crippen molar-refractivity contribution in [2.75, 3.05) is 32.5 Å². The summed E-state index contributed by atoms with van der Waals surface area (Å²) in [6.07, 6.45) is 0. The number of hydrogen-bond acceptors (Lipinski definition) is 4. The average Bonchev–Trinajstić information content (AvgIpc) is 2.47. The normalized spacial score (nSPS) is 10.9. The van der Waals surface area contributed by atoms with Crippen LogP contribution in [0.25, 0.3) is 0 Å². The molecule has 0 saturated carbocycles. The molecule has 0 aromatic heterocycles. The Balaban J connectivity index is 2.74. The first-order valence-corrected chi connectivity index (χ1v) is 7.02. The monoisotopic (exact) mass is 302 g/mol. The third-order valence-corrected chi connectivity index (χ3v) is 3.28. The summed E-state index contributed by atoms with van der Waals surface area (Å²) in [6, 6.07) is 8.69. The Kier molecular flexibility index (Phi) is 6.08. The highest BCUT2D eigenvalue weighted by Gasteiger charge is 2.36. The molecule has 118 valence electrons. The molecule has 1 aromatic carbocycles. The summed E-state index contributed by atoms with van der Waals surface area (Å²) in [5, 5.41) is 14.4. The van der Waals surface area contributed by atoms with E-state index in [1.54, 1.807) is 38.1 Å². The van der Waals surface area contributed by atoms with Gasteiger partial charge >= 0.3 is 0 Å². The van der Waals surface area contributed by atoms with Gasteiger partial charge in [0.1, 0.15) is 11.5 Å². The molecule has 0 fully saturated rings. The fourth-order valence-electron chi connectivity index (χ4n) is 1.69. The van der Waals surface area contributed by atoms with Crippen LogP contribution in [0.15, 0.2) is 24.3 Å². The fraction of sp³-hybridized carbons (Fsp3) is 0.438. The van der Waals surface area contributed by atoms with Crippen LogP contribution in [-0.4, -0.2) is 43.9 Å². The van der Waals surface area contributed by atoms with Gasteiger partial charge in [-0.25, -0.2) is 0 Å². The SMILES string of the molecule is CN(C)CCNC(=O)C(C)(C)C(=O)Nc1ccccc1C#N. The van der Waals surface area contributed by atoms with Gasteiger partial charge in [-0.1, -0.05) is 12.1 Å². The van der Waals surface area contributed by atoms with Crippen LogP contribution >= 0.6 is 0 Å². The third-order valence-electron chi connectivity index (χ3n) is 3.28. The van der Waals surface area contributed by atoms with Crippen LogP contribution in [0.3, 0.4) is 0 Å². The van der Waals surface area contributed by atoms with Crippen molar-refractivity contribution in [3.05, 3.63) is 29.8 Å². The van der Waals surface area contributed by atoms with E-state index < -0.39 is 11.3 Å². The molecule has 1 aromatic rings. The minimum Gasteiger partial charge on any atom is -0.354 e. The lowest BCUT2D eigenvalue weighted by Gasteiger charge is -2.23. The van der Waals surface area contributed by atoms with Crippen molar-refractivity contribution in [1.82, 2.24) is 10.2 Å². The van der Waals surface area contributed by atoms with Gasteiger partial charge in [-0.05, 0) is 40.1 Å². The second-order valence-corrected chi connectivity index (χ2v) is 5.80. The molecule has 1 rings (SSSR count). The summed E-state index contributed by atoms with van der Waals surface area (Å²) in [4.78, 5) is 26.5. The van der Waals surface area contributed by atoms with E-state index in [-0.39, 0.29) is 5.91 Å². The first kappa shape index (κ1) is 17.7. The van der Waals surface area contributed by atoms with Crippen molar-refractivity contribution in [2.24, 2.45) is 5.41 Å². The Morgan fingerprint density at radius 1 is 1.23 bits per heavy atom. The summed E-state index contributed by atoms with van der Waals surface area (Å²) < 4.78 is 0. The van der Waals surface area contributed by atoms with Gasteiger partial charge in [-0.15, -0.1) is 0 Å². The summed E-state index contributed by atoms with van der Waals surface area (Å²) >= 11 is 0. The molecule has 0 radical (unpaired) electrons. The maximum atomic E-state index is 12.3. The Labute approximate surface area is 131 Å². The van der Waals surface area contributed by atoms with Crippen LogP contribution in [0, 0.1) is 16.7 Å². The molecule has 6 nitrogen and oxygen atoms in total. The minimum absolute atomic E-state index is 0.346. The number of rotatable bonds is 6. The third kappa shape index (κ3) is 4.57. The second kappa shape index (κ2) is 7.57. The summed E-state index contributed by atoms with van der Waals surface area (Å²) in [6.45, 7) is 4.28. The number of nitrogens with zero attached hydrogens (tertiary/aromatic N) is 2. The Hall–Kier alpha value is -2.39. The number of para-hydroxylation sites is 1. The van der Waals surface area contributed by atoms with Gasteiger partial charge < -0.3 is 15.5 Å². The highest BCUT2D eigenvalue weighted by Crippen LogP contribution is 2.21. The minimum atomic E-state index is -1.23. The Morgan fingerprint density at radius 3 is 2.45 bits per heavy atom. The van der Waals surface area contributed by atoms with Crippen molar-refractivity contribution in [3.63, 3.8) is 0 Å². The smallest absolute Gasteiger partial charge is 0.239 e. The molecule has 0 unspecified atom stereocenters. The molecule has 0 aliphatic heterocycles. The molecule has 6 heteroatoms. The van der Waals surface area contributed by atoms with Gasteiger partial charge in [0.25, 0.3) is 0 Å². The van der Waals surface area contributed by atoms with E-state index in [9.17, 15) is 9.59 Å². The van der Waals surface area contributed by atoms with E-state index in [0.717, 1.165) is 0 Å². The fourth-order valence-corrected chi connectivity index (χ4v) is 1.69. The lowest BCUT2D eigenvalue weighted by atomic mass is 9.90. The van der Waals surface area contributed by atoms with Crippen LogP contribution in [0.2, 0.25) is 0 Å². The quantitative estimate of drug-likeness (QED) is 0.773. The number of amides is 2. The van der Waals surface area contributed by atoms with Gasteiger partial charge in [0.05, 0.1) is 11.3 Å². The molecule has 0 saturated heterocycles. The van der Waals surface area contributed by atoms with Gasteiger partial charge in [0.2, 0.25) is 11.8 Å². The number of anilines is 1. The number of likely N-dealkylation sites (N-methyl/N-ethyl adjacent to an activating group) is 1. The molecule has 2 amide bonds. The summed E-state index contributed by atoms with van der Waals surface area (Å²) in [5.74, 6) is -0.793. The van der Waals surface area contributed by atoms with Crippen LogP contribution < -0.4 is 10.6 Å². The number of nitriles is 1. The van der Waals surface area contributed by atoms with E-state index in [1.165, 1.54) is 0 Å². The second-order valence-electron chi connectivity index (χ2n) is 5.80. The molecule has 0 heterocycles. The van der Waals surface area contributed by atoms with Crippen LogP contribution in [0.4, 0.5) is 5.69 Å². The molecule has 0 spiro atoms. The summed E-state index contributed by atoms with van der Waals surface area (Å²) in [5.41, 5.74) is -0.460. The molecule has 2 N–H and O–H groups in total. The molecule has 22 heavy (non-hydrogen) atoms. The lowest BCUT2D eigenvalue weighted by molar-refractivity contribution is -0.138. The first-order chi connectivity index (χ1) is 10.3. The van der Waals surface area contributed by atoms with Crippen molar-refractivity contribution in [3.8, 4) is 6.07 Å². The average molecular weight is 302 g/mol. The highest BCUT2D eigenvalue weighted by atomic mass is 16.2. The zero-order valence-electron chi connectivity index (χ0n) is 13.4. The van der Waals surface area contributed by atoms with Crippen LogP contribution in [0.1, 0.15) is 19.4 Å². The molecular weight excluding hydrogens is 280 g/mol. The van der Waals surface area contributed by atoms with Gasteiger partial charge in [-0.3, -0.25) is 9.59 Å². The largest absolute Gasteiger partial charge is 0.354 e. The van der Waals surface area contributed by atoms with Crippen molar-refractivity contribution < 1.29 is 9.59 Å². The number of benzene rings is 1. The predicted molar refractivity (Wildman–Crippen MR) is 85.1 cm³/mol. The summed E-state index contributed by atoms with van der Waals surface area (Å²) in [7, 11) is 3.81. The lowest BCUT2D eigenvalue weighted by Crippen LogP contribution is -2.46. The molecule has 0 bridgehead atoms. The first-order valence-electron chi connectivity index (χ1n) is 7.02. The Bertz CT molecular complexity index is 588. The van der Waals surface area contributed by atoms with Crippen LogP contribution in [-0.2, 0) is 9.59 Å². The van der Waals surface area contributed by atoms with Crippen molar-refractivity contribution >= 4 is 17.5 Å². The van der Waals surface area contributed by atoms with E-state index in [0.29, 0.717) is 24.3 Å². The van der Waals surface area contributed by atoms with E-state index in [2.05, 4.69) is 10.6 Å². The maximum Gasteiger partial charge on any atom is 0.239 e. The van der Waals surface area contributed by atoms with Gasteiger partial charge in [0.15, 0.2) is 0 Å². The predicted octanol–water partition coefficient (Wildman–Crippen LogP) is 1.20. The standard InChI is InChI=1S/C16H22N4O2/c1-16(2,14(21)18-9-10-20(3)4)15(22)19-13-8-6-5-7-12(13)11-17/h5-8H,9-10H2,1-4H3,(H,18,21)(H,19,22). The maximum absolute atomic E-state index is 12.3.